The summed E-state index contributed by atoms with van der Waals surface area (Å²) in [6.45, 7) is 6.84. The number of hydrogen-bond acceptors (Lipinski definition) is 5. The largest absolute Gasteiger partial charge is 0.497 e. The first-order valence-electron chi connectivity index (χ1n) is 10.9. The number of nitrogens with zero attached hydrogens (tertiary/aromatic N) is 2. The number of fused-ring (bicyclic) bond motifs is 1. The second-order valence-corrected chi connectivity index (χ2v) is 9.38. The molecule has 1 aliphatic rings. The van der Waals surface area contributed by atoms with E-state index in [0.29, 0.717) is 6.54 Å². The monoisotopic (exact) mass is 450 g/mol. The zero-order valence-electron chi connectivity index (χ0n) is 18.9. The van der Waals surface area contributed by atoms with Crippen LogP contribution >= 0.6 is 11.3 Å². The third-order valence-electron chi connectivity index (χ3n) is 5.86. The van der Waals surface area contributed by atoms with Crippen LogP contribution in [0.15, 0.2) is 60.1 Å². The van der Waals surface area contributed by atoms with Crippen molar-refractivity contribution in [1.29, 1.82) is 0 Å². The number of methoxy groups -OCH3 is 1. The van der Waals surface area contributed by atoms with Crippen LogP contribution in [-0.4, -0.2) is 24.2 Å². The molecule has 3 aromatic rings. The van der Waals surface area contributed by atoms with Crippen LogP contribution in [-0.2, 0) is 6.54 Å². The minimum absolute atomic E-state index is 0.0253. The number of ether oxygens (including phenoxy) is 1. The van der Waals surface area contributed by atoms with Crippen molar-refractivity contribution in [2.24, 2.45) is 5.92 Å². The molecule has 1 aromatic heterocycles. The average Bonchev–Trinajstić information content (AvgIpc) is 3.31. The van der Waals surface area contributed by atoms with Crippen LogP contribution in [0.2, 0.25) is 0 Å². The minimum atomic E-state index is -0.121. The van der Waals surface area contributed by atoms with Crippen LogP contribution in [0.4, 0.5) is 10.5 Å². The molecule has 0 fully saturated rings. The number of urea groups is 1. The zero-order valence-corrected chi connectivity index (χ0v) is 19.7. The number of nitrogens with one attached hydrogen (secondary N) is 2. The fraction of sp³-hybridized carbons (Fsp3) is 0.360. The molecule has 6 nitrogen and oxygen atoms in total. The van der Waals surface area contributed by atoms with E-state index in [-0.39, 0.29) is 30.1 Å². The molecule has 0 unspecified atom stereocenters. The lowest BCUT2D eigenvalue weighted by Gasteiger charge is -2.46. The molecule has 7 heteroatoms. The van der Waals surface area contributed by atoms with Gasteiger partial charge in [-0.15, -0.1) is 11.3 Å². The average molecular weight is 451 g/mol. The number of anilines is 1. The van der Waals surface area contributed by atoms with E-state index in [9.17, 15) is 4.79 Å². The van der Waals surface area contributed by atoms with E-state index in [1.807, 2.05) is 66.7 Å². The molecule has 0 aliphatic carbocycles. The zero-order chi connectivity index (χ0) is 22.7. The molecule has 0 saturated carbocycles. The van der Waals surface area contributed by atoms with Gasteiger partial charge in [0.2, 0.25) is 0 Å². The molecule has 4 rings (SSSR count). The number of benzene rings is 2. The number of aromatic nitrogens is 1. The predicted octanol–water partition coefficient (Wildman–Crippen LogP) is 5.30. The van der Waals surface area contributed by atoms with Gasteiger partial charge in [-0.3, -0.25) is 4.90 Å². The van der Waals surface area contributed by atoms with Crippen LogP contribution in [0.1, 0.15) is 49.0 Å². The predicted molar refractivity (Wildman–Crippen MR) is 129 cm³/mol. The Labute approximate surface area is 193 Å². The molecule has 0 spiro atoms. The second kappa shape index (κ2) is 9.71. The van der Waals surface area contributed by atoms with Crippen LogP contribution in [0, 0.1) is 5.92 Å². The third kappa shape index (κ3) is 4.49. The Kier molecular flexibility index (Phi) is 6.77. The summed E-state index contributed by atoms with van der Waals surface area (Å²) >= 11 is 1.64. The smallest absolute Gasteiger partial charge is 0.322 e. The Hall–Kier alpha value is -2.90. The van der Waals surface area contributed by atoms with E-state index in [0.717, 1.165) is 27.6 Å². The molecule has 0 radical (unpaired) electrons. The molecular weight excluding hydrogens is 420 g/mol. The molecule has 2 heterocycles. The van der Waals surface area contributed by atoms with Crippen LogP contribution in [0.25, 0.3) is 0 Å². The molecular formula is C25H30N4O2S. The van der Waals surface area contributed by atoms with Crippen molar-refractivity contribution in [2.45, 2.75) is 45.4 Å². The van der Waals surface area contributed by atoms with Gasteiger partial charge in [0.15, 0.2) is 0 Å². The van der Waals surface area contributed by atoms with Gasteiger partial charge in [0.05, 0.1) is 18.8 Å². The Morgan fingerprint density at radius 1 is 1.22 bits per heavy atom. The van der Waals surface area contributed by atoms with Gasteiger partial charge in [0.1, 0.15) is 10.8 Å². The molecule has 0 saturated heterocycles. The van der Waals surface area contributed by atoms with E-state index in [4.69, 9.17) is 4.74 Å². The fourth-order valence-electron chi connectivity index (χ4n) is 4.47. The summed E-state index contributed by atoms with van der Waals surface area (Å²) in [5.74, 6) is 0.884. The van der Waals surface area contributed by atoms with E-state index >= 15 is 0 Å². The van der Waals surface area contributed by atoms with Crippen molar-refractivity contribution in [3.8, 4) is 5.75 Å². The topological polar surface area (TPSA) is 66.5 Å². The SMILES string of the molecule is COc1ccc2c(c1)[C@@H](NCc1nccs1)[C@H](C)[C@@H](c1ccccc1)N2C(=O)NC(C)C. The number of carbonyl (C=O) groups is 1. The van der Waals surface area contributed by atoms with E-state index in [1.165, 1.54) is 0 Å². The molecule has 2 amide bonds. The van der Waals surface area contributed by atoms with Crippen molar-refractivity contribution >= 4 is 23.1 Å². The first-order valence-corrected chi connectivity index (χ1v) is 11.8. The molecule has 0 bridgehead atoms. The van der Waals surface area contributed by atoms with Crippen molar-refractivity contribution < 1.29 is 9.53 Å². The highest BCUT2D eigenvalue weighted by Gasteiger charge is 2.42. The quantitative estimate of drug-likeness (QED) is 0.535. The third-order valence-corrected chi connectivity index (χ3v) is 6.64. The summed E-state index contributed by atoms with van der Waals surface area (Å²) in [6, 6.07) is 16.1. The summed E-state index contributed by atoms with van der Waals surface area (Å²) < 4.78 is 5.53. The highest BCUT2D eigenvalue weighted by atomic mass is 32.1. The Morgan fingerprint density at radius 2 is 2.00 bits per heavy atom. The molecule has 3 atom stereocenters. The number of rotatable bonds is 6. The maximum absolute atomic E-state index is 13.5. The van der Waals surface area contributed by atoms with Crippen molar-refractivity contribution in [3.05, 3.63) is 76.2 Å². The summed E-state index contributed by atoms with van der Waals surface area (Å²) in [6.07, 6.45) is 1.83. The van der Waals surface area contributed by atoms with Gasteiger partial charge < -0.3 is 15.4 Å². The van der Waals surface area contributed by atoms with Gasteiger partial charge in [-0.1, -0.05) is 37.3 Å². The first-order chi connectivity index (χ1) is 15.5. The van der Waals surface area contributed by atoms with Crippen LogP contribution in [0.5, 0.6) is 5.75 Å². The Morgan fingerprint density at radius 3 is 2.66 bits per heavy atom. The summed E-state index contributed by atoms with van der Waals surface area (Å²) in [5, 5.41) is 9.84. The van der Waals surface area contributed by atoms with Gasteiger partial charge >= 0.3 is 6.03 Å². The van der Waals surface area contributed by atoms with Crippen LogP contribution < -0.4 is 20.3 Å². The number of thiazole rings is 1. The summed E-state index contributed by atoms with van der Waals surface area (Å²) in [4.78, 5) is 19.8. The lowest BCUT2D eigenvalue weighted by atomic mass is 9.79. The van der Waals surface area contributed by atoms with Crippen molar-refractivity contribution in [2.75, 3.05) is 12.0 Å². The fourth-order valence-corrected chi connectivity index (χ4v) is 5.03. The van der Waals surface area contributed by atoms with Gasteiger partial charge in [-0.2, -0.15) is 0 Å². The molecule has 2 aromatic carbocycles. The number of hydrogen-bond donors (Lipinski definition) is 2. The van der Waals surface area contributed by atoms with Gasteiger partial charge in [-0.25, -0.2) is 9.78 Å². The highest BCUT2D eigenvalue weighted by Crippen LogP contribution is 2.48. The van der Waals surface area contributed by atoms with Gasteiger partial charge in [0.25, 0.3) is 0 Å². The maximum Gasteiger partial charge on any atom is 0.322 e. The van der Waals surface area contributed by atoms with E-state index < -0.39 is 0 Å². The van der Waals surface area contributed by atoms with E-state index in [2.05, 4.69) is 34.7 Å². The van der Waals surface area contributed by atoms with Crippen LogP contribution in [0.3, 0.4) is 0 Å². The number of carbonyl (C=O) groups excluding carboxylic acids is 1. The lowest BCUT2D eigenvalue weighted by molar-refractivity contribution is 0.231. The van der Waals surface area contributed by atoms with Gasteiger partial charge in [-0.05, 0) is 43.2 Å². The Bertz CT molecular complexity index is 1040. The minimum Gasteiger partial charge on any atom is -0.497 e. The molecule has 32 heavy (non-hydrogen) atoms. The Balaban J connectivity index is 1.81. The second-order valence-electron chi connectivity index (χ2n) is 8.40. The maximum atomic E-state index is 13.5. The summed E-state index contributed by atoms with van der Waals surface area (Å²) in [5.41, 5.74) is 3.06. The van der Waals surface area contributed by atoms with E-state index in [1.54, 1.807) is 18.4 Å². The van der Waals surface area contributed by atoms with Gasteiger partial charge in [0, 0.05) is 36.1 Å². The van der Waals surface area contributed by atoms with Crippen molar-refractivity contribution in [3.63, 3.8) is 0 Å². The molecule has 1 aliphatic heterocycles. The number of amides is 2. The van der Waals surface area contributed by atoms with Crippen molar-refractivity contribution in [1.82, 2.24) is 15.6 Å². The molecule has 2 N–H and O–H groups in total. The lowest BCUT2D eigenvalue weighted by Crippen LogP contribution is -2.51. The summed E-state index contributed by atoms with van der Waals surface area (Å²) in [7, 11) is 1.67. The normalized spacial score (nSPS) is 20.2. The highest BCUT2D eigenvalue weighted by molar-refractivity contribution is 7.09. The standard InChI is InChI=1S/C25H30N4O2S/c1-16(2)28-25(30)29-21-11-10-19(31-4)14-20(21)23(27-15-22-26-12-13-32-22)17(3)24(29)18-8-6-5-7-9-18/h5-14,16-17,23-24,27H,15H2,1-4H3,(H,28,30)/t17-,23-,24-/m0/s1. The molecule has 168 valence electrons. The first kappa shape index (κ1) is 22.3.